The van der Waals surface area contributed by atoms with Gasteiger partial charge in [0.15, 0.2) is 0 Å². The minimum atomic E-state index is -0.839. The van der Waals surface area contributed by atoms with Crippen LogP contribution < -0.4 is 10.1 Å². The highest BCUT2D eigenvalue weighted by molar-refractivity contribution is 5.84. The van der Waals surface area contributed by atoms with E-state index in [9.17, 15) is 9.90 Å². The third-order valence-electron chi connectivity index (χ3n) is 4.25. The Balaban J connectivity index is 1.70. The van der Waals surface area contributed by atoms with Crippen LogP contribution in [0.4, 0.5) is 0 Å². The molecule has 2 N–H and O–H groups in total. The number of carboxylic acid groups (broad SMARTS) is 1. The quantitative estimate of drug-likeness (QED) is 0.692. The molecular weight excluding hydrogens is 314 g/mol. The molecule has 0 spiro atoms. The number of carboxylic acids is 1. The zero-order chi connectivity index (χ0) is 17.6. The molecule has 0 amide bonds. The van der Waals surface area contributed by atoms with E-state index < -0.39 is 12.0 Å². The Kier molecular flexibility index (Phi) is 5.31. The fourth-order valence-corrected chi connectivity index (χ4v) is 2.85. The molecule has 0 bridgehead atoms. The molecule has 0 aliphatic rings. The van der Waals surface area contributed by atoms with Crippen LogP contribution in [0.5, 0.6) is 5.75 Å². The molecular formula is C21H21NO3. The summed E-state index contributed by atoms with van der Waals surface area (Å²) in [5.74, 6) is -0.0124. The first-order chi connectivity index (χ1) is 12.2. The van der Waals surface area contributed by atoms with Gasteiger partial charge in [-0.3, -0.25) is 4.79 Å². The van der Waals surface area contributed by atoms with Crippen LogP contribution in [-0.2, 0) is 17.8 Å². The van der Waals surface area contributed by atoms with Crippen LogP contribution in [0.15, 0.2) is 66.7 Å². The second-order valence-corrected chi connectivity index (χ2v) is 6.01. The van der Waals surface area contributed by atoms with Crippen molar-refractivity contribution in [3.05, 3.63) is 77.9 Å². The Bertz CT molecular complexity index is 861. The summed E-state index contributed by atoms with van der Waals surface area (Å²) in [5.41, 5.74) is 2.06. The molecule has 0 aliphatic heterocycles. The third-order valence-corrected chi connectivity index (χ3v) is 4.25. The molecule has 0 radical (unpaired) electrons. The summed E-state index contributed by atoms with van der Waals surface area (Å²) in [7, 11) is 1.65. The molecule has 0 unspecified atom stereocenters. The van der Waals surface area contributed by atoms with Crippen molar-refractivity contribution in [1.82, 2.24) is 5.32 Å². The summed E-state index contributed by atoms with van der Waals surface area (Å²) in [6, 6.07) is 21.1. The Hall–Kier alpha value is -2.85. The summed E-state index contributed by atoms with van der Waals surface area (Å²) in [5, 5.41) is 14.8. The Morgan fingerprint density at radius 3 is 2.44 bits per heavy atom. The van der Waals surface area contributed by atoms with Gasteiger partial charge in [0, 0.05) is 6.54 Å². The van der Waals surface area contributed by atoms with Gasteiger partial charge in [-0.25, -0.2) is 0 Å². The largest absolute Gasteiger partial charge is 0.497 e. The smallest absolute Gasteiger partial charge is 0.321 e. The van der Waals surface area contributed by atoms with Crippen LogP contribution in [0.1, 0.15) is 11.1 Å². The number of aliphatic carboxylic acids is 1. The van der Waals surface area contributed by atoms with Gasteiger partial charge in [-0.05, 0) is 46.5 Å². The number of hydrogen-bond donors (Lipinski definition) is 2. The zero-order valence-corrected chi connectivity index (χ0v) is 14.1. The van der Waals surface area contributed by atoms with Gasteiger partial charge in [-0.2, -0.15) is 0 Å². The molecule has 4 heteroatoms. The standard InChI is InChI=1S/C21H21NO3/c1-25-19-10-9-17-11-16(7-8-18(17)13-19)14-22-20(21(23)24)12-15-5-3-2-4-6-15/h2-11,13,20,22H,12,14H2,1H3,(H,23,24)/t20-/m0/s1. The van der Waals surface area contributed by atoms with Crippen molar-refractivity contribution in [2.75, 3.05) is 7.11 Å². The van der Waals surface area contributed by atoms with Crippen LogP contribution in [0.2, 0.25) is 0 Å². The second kappa shape index (κ2) is 7.81. The molecule has 3 rings (SSSR count). The summed E-state index contributed by atoms with van der Waals surface area (Å²) in [6.07, 6.45) is 0.459. The average molecular weight is 335 g/mol. The molecule has 128 valence electrons. The Morgan fingerprint density at radius 1 is 1.00 bits per heavy atom. The van der Waals surface area contributed by atoms with Gasteiger partial charge in [-0.15, -0.1) is 0 Å². The molecule has 25 heavy (non-hydrogen) atoms. The number of carbonyl (C=O) groups is 1. The predicted molar refractivity (Wildman–Crippen MR) is 98.9 cm³/mol. The highest BCUT2D eigenvalue weighted by Gasteiger charge is 2.17. The lowest BCUT2D eigenvalue weighted by atomic mass is 10.0. The fourth-order valence-electron chi connectivity index (χ4n) is 2.85. The van der Waals surface area contributed by atoms with Gasteiger partial charge in [0.2, 0.25) is 0 Å². The lowest BCUT2D eigenvalue weighted by Crippen LogP contribution is -2.38. The van der Waals surface area contributed by atoms with E-state index in [-0.39, 0.29) is 0 Å². The van der Waals surface area contributed by atoms with E-state index in [2.05, 4.69) is 11.4 Å². The SMILES string of the molecule is COc1ccc2cc(CN[C@@H](Cc3ccccc3)C(=O)O)ccc2c1. The molecule has 3 aromatic carbocycles. The van der Waals surface area contributed by atoms with E-state index in [0.29, 0.717) is 13.0 Å². The fraction of sp³-hybridized carbons (Fsp3) is 0.190. The van der Waals surface area contributed by atoms with Gasteiger partial charge in [0.05, 0.1) is 7.11 Å². The van der Waals surface area contributed by atoms with Crippen molar-refractivity contribution in [2.24, 2.45) is 0 Å². The molecule has 4 nitrogen and oxygen atoms in total. The minimum absolute atomic E-state index is 0.459. The van der Waals surface area contributed by atoms with Crippen LogP contribution in [-0.4, -0.2) is 24.2 Å². The van der Waals surface area contributed by atoms with E-state index in [4.69, 9.17) is 4.74 Å². The molecule has 3 aromatic rings. The van der Waals surface area contributed by atoms with Crippen LogP contribution in [0.3, 0.4) is 0 Å². The molecule has 1 atom stereocenters. The molecule has 0 heterocycles. The number of benzene rings is 3. The number of hydrogen-bond acceptors (Lipinski definition) is 3. The van der Waals surface area contributed by atoms with E-state index in [1.165, 1.54) is 0 Å². The lowest BCUT2D eigenvalue weighted by Gasteiger charge is -2.15. The van der Waals surface area contributed by atoms with E-state index in [0.717, 1.165) is 27.6 Å². The summed E-state index contributed by atoms with van der Waals surface area (Å²) in [6.45, 7) is 0.506. The average Bonchev–Trinajstić information content (AvgIpc) is 2.65. The first-order valence-corrected chi connectivity index (χ1v) is 8.22. The van der Waals surface area contributed by atoms with Crippen molar-refractivity contribution in [3.8, 4) is 5.75 Å². The minimum Gasteiger partial charge on any atom is -0.497 e. The second-order valence-electron chi connectivity index (χ2n) is 6.01. The maximum absolute atomic E-state index is 11.5. The number of fused-ring (bicyclic) bond motifs is 1. The molecule has 0 saturated heterocycles. The first-order valence-electron chi connectivity index (χ1n) is 8.22. The van der Waals surface area contributed by atoms with Crippen molar-refractivity contribution < 1.29 is 14.6 Å². The maximum atomic E-state index is 11.5. The Labute approximate surface area is 147 Å². The monoisotopic (exact) mass is 335 g/mol. The van der Waals surface area contributed by atoms with Crippen molar-refractivity contribution in [3.63, 3.8) is 0 Å². The van der Waals surface area contributed by atoms with Gasteiger partial charge < -0.3 is 15.2 Å². The normalized spacial score (nSPS) is 12.0. The predicted octanol–water partition coefficient (Wildman–Crippen LogP) is 3.63. The molecule has 0 aromatic heterocycles. The maximum Gasteiger partial charge on any atom is 0.321 e. The number of nitrogens with one attached hydrogen (secondary N) is 1. The highest BCUT2D eigenvalue weighted by atomic mass is 16.5. The van der Waals surface area contributed by atoms with Crippen LogP contribution in [0.25, 0.3) is 10.8 Å². The summed E-state index contributed by atoms with van der Waals surface area (Å²) in [4.78, 5) is 11.5. The molecule has 0 aliphatic carbocycles. The third kappa shape index (κ3) is 4.37. The first kappa shape index (κ1) is 17.0. The van der Waals surface area contributed by atoms with Gasteiger partial charge in [0.25, 0.3) is 0 Å². The van der Waals surface area contributed by atoms with Crippen molar-refractivity contribution >= 4 is 16.7 Å². The van der Waals surface area contributed by atoms with Crippen molar-refractivity contribution in [2.45, 2.75) is 19.0 Å². The van der Waals surface area contributed by atoms with E-state index in [1.54, 1.807) is 7.11 Å². The van der Waals surface area contributed by atoms with Crippen molar-refractivity contribution in [1.29, 1.82) is 0 Å². The number of methoxy groups -OCH3 is 1. The van der Waals surface area contributed by atoms with Gasteiger partial charge in [-0.1, -0.05) is 48.5 Å². The van der Waals surface area contributed by atoms with E-state index >= 15 is 0 Å². The van der Waals surface area contributed by atoms with E-state index in [1.807, 2.05) is 60.7 Å². The van der Waals surface area contributed by atoms with Crippen LogP contribution in [0, 0.1) is 0 Å². The topological polar surface area (TPSA) is 58.6 Å². The zero-order valence-electron chi connectivity index (χ0n) is 14.1. The number of ether oxygens (including phenoxy) is 1. The summed E-state index contributed by atoms with van der Waals surface area (Å²) >= 11 is 0. The van der Waals surface area contributed by atoms with Crippen LogP contribution >= 0.6 is 0 Å². The van der Waals surface area contributed by atoms with Gasteiger partial charge >= 0.3 is 5.97 Å². The van der Waals surface area contributed by atoms with Gasteiger partial charge in [0.1, 0.15) is 11.8 Å². The molecule has 0 saturated carbocycles. The molecule has 0 fully saturated rings. The Morgan fingerprint density at radius 2 is 1.72 bits per heavy atom. The lowest BCUT2D eigenvalue weighted by molar-refractivity contribution is -0.139. The summed E-state index contributed by atoms with van der Waals surface area (Å²) < 4.78 is 5.24. The highest BCUT2D eigenvalue weighted by Crippen LogP contribution is 2.22. The number of rotatable bonds is 7.